The predicted octanol–water partition coefficient (Wildman–Crippen LogP) is 0.308. The lowest BCUT2D eigenvalue weighted by Crippen LogP contribution is -2.46. The van der Waals surface area contributed by atoms with Crippen molar-refractivity contribution >= 4 is 5.84 Å². The van der Waals surface area contributed by atoms with Gasteiger partial charge in [-0.1, -0.05) is 12.1 Å². The molecule has 110 valence electrons. The molecule has 2 aliphatic rings. The van der Waals surface area contributed by atoms with E-state index in [-0.39, 0.29) is 0 Å². The van der Waals surface area contributed by atoms with Gasteiger partial charge in [0.1, 0.15) is 5.84 Å². The SMILES string of the molecule is CCC(C/C(N)=N/O)N1CCC(N2CCOCC2)C1. The second kappa shape index (κ2) is 7.07. The van der Waals surface area contributed by atoms with E-state index in [1.807, 2.05) is 0 Å². The van der Waals surface area contributed by atoms with E-state index < -0.39 is 0 Å². The molecule has 0 bridgehead atoms. The van der Waals surface area contributed by atoms with Crippen LogP contribution in [0.3, 0.4) is 0 Å². The van der Waals surface area contributed by atoms with Gasteiger partial charge in [0.15, 0.2) is 0 Å². The van der Waals surface area contributed by atoms with E-state index in [0.29, 0.717) is 24.3 Å². The zero-order chi connectivity index (χ0) is 13.7. The molecule has 2 saturated heterocycles. The maximum atomic E-state index is 8.70. The number of morpholine rings is 1. The normalized spacial score (nSPS) is 28.7. The minimum atomic E-state index is 0.335. The molecule has 0 spiro atoms. The van der Waals surface area contributed by atoms with Crippen LogP contribution in [0, 0.1) is 0 Å². The van der Waals surface area contributed by atoms with Crippen molar-refractivity contribution in [2.75, 3.05) is 39.4 Å². The highest BCUT2D eigenvalue weighted by molar-refractivity contribution is 5.80. The minimum Gasteiger partial charge on any atom is -0.409 e. The summed E-state index contributed by atoms with van der Waals surface area (Å²) in [6.07, 6.45) is 2.90. The molecular formula is C13H26N4O2. The van der Waals surface area contributed by atoms with E-state index in [1.54, 1.807) is 0 Å². The number of hydrogen-bond donors (Lipinski definition) is 2. The third-order valence-electron chi connectivity index (χ3n) is 4.32. The van der Waals surface area contributed by atoms with Crippen LogP contribution in [0.15, 0.2) is 5.16 Å². The van der Waals surface area contributed by atoms with E-state index in [2.05, 4.69) is 21.9 Å². The van der Waals surface area contributed by atoms with Crippen molar-refractivity contribution < 1.29 is 9.94 Å². The number of nitrogens with zero attached hydrogens (tertiary/aromatic N) is 3. The van der Waals surface area contributed by atoms with Gasteiger partial charge in [-0.25, -0.2) is 0 Å². The van der Waals surface area contributed by atoms with Crippen LogP contribution in [0.25, 0.3) is 0 Å². The molecule has 0 aromatic rings. The Morgan fingerprint density at radius 2 is 2.16 bits per heavy atom. The third kappa shape index (κ3) is 3.81. The molecule has 2 atom stereocenters. The molecule has 0 aliphatic carbocycles. The number of hydrogen-bond acceptors (Lipinski definition) is 5. The van der Waals surface area contributed by atoms with Gasteiger partial charge in [-0.3, -0.25) is 9.80 Å². The Kier molecular flexibility index (Phi) is 5.42. The summed E-state index contributed by atoms with van der Waals surface area (Å²) in [7, 11) is 0. The summed E-state index contributed by atoms with van der Waals surface area (Å²) in [5.41, 5.74) is 5.64. The molecule has 6 nitrogen and oxygen atoms in total. The highest BCUT2D eigenvalue weighted by Crippen LogP contribution is 2.21. The number of likely N-dealkylation sites (tertiary alicyclic amines) is 1. The molecule has 3 N–H and O–H groups in total. The molecule has 0 amide bonds. The Bertz CT molecular complexity index is 305. The van der Waals surface area contributed by atoms with Crippen molar-refractivity contribution in [2.45, 2.75) is 38.3 Å². The Labute approximate surface area is 115 Å². The van der Waals surface area contributed by atoms with Crippen LogP contribution in [-0.2, 0) is 4.74 Å². The maximum absolute atomic E-state index is 8.70. The van der Waals surface area contributed by atoms with E-state index in [4.69, 9.17) is 15.7 Å². The first-order chi connectivity index (χ1) is 9.24. The van der Waals surface area contributed by atoms with Gasteiger partial charge in [0.05, 0.1) is 13.2 Å². The quantitative estimate of drug-likeness (QED) is 0.325. The lowest BCUT2D eigenvalue weighted by Gasteiger charge is -2.33. The van der Waals surface area contributed by atoms with Gasteiger partial charge >= 0.3 is 0 Å². The summed E-state index contributed by atoms with van der Waals surface area (Å²) in [4.78, 5) is 5.03. The van der Waals surface area contributed by atoms with Gasteiger partial charge in [-0.15, -0.1) is 0 Å². The van der Waals surface area contributed by atoms with Crippen LogP contribution in [-0.4, -0.2) is 72.3 Å². The Balaban J connectivity index is 1.85. The number of ether oxygens (including phenoxy) is 1. The van der Waals surface area contributed by atoms with Gasteiger partial charge in [-0.05, 0) is 12.8 Å². The van der Waals surface area contributed by atoms with Crippen LogP contribution in [0.1, 0.15) is 26.2 Å². The summed E-state index contributed by atoms with van der Waals surface area (Å²) in [6, 6.07) is 1.03. The van der Waals surface area contributed by atoms with Crippen LogP contribution in [0.4, 0.5) is 0 Å². The molecule has 2 aliphatic heterocycles. The van der Waals surface area contributed by atoms with Gasteiger partial charge in [-0.2, -0.15) is 0 Å². The fourth-order valence-electron chi connectivity index (χ4n) is 3.15. The summed E-state index contributed by atoms with van der Waals surface area (Å²) >= 11 is 0. The smallest absolute Gasteiger partial charge is 0.140 e. The summed E-state index contributed by atoms with van der Waals surface area (Å²) < 4.78 is 5.41. The largest absolute Gasteiger partial charge is 0.409 e. The van der Waals surface area contributed by atoms with E-state index in [9.17, 15) is 0 Å². The Morgan fingerprint density at radius 1 is 1.42 bits per heavy atom. The molecule has 0 aromatic carbocycles. The molecule has 2 heterocycles. The summed E-state index contributed by atoms with van der Waals surface area (Å²) in [6.45, 7) is 8.19. The zero-order valence-electron chi connectivity index (χ0n) is 11.8. The second-order valence-electron chi connectivity index (χ2n) is 5.44. The van der Waals surface area contributed by atoms with Gasteiger partial charge < -0.3 is 15.7 Å². The van der Waals surface area contributed by atoms with Crippen molar-refractivity contribution in [1.82, 2.24) is 9.80 Å². The van der Waals surface area contributed by atoms with E-state index in [0.717, 1.165) is 45.8 Å². The maximum Gasteiger partial charge on any atom is 0.140 e. The molecular weight excluding hydrogens is 244 g/mol. The first-order valence-electron chi connectivity index (χ1n) is 7.26. The highest BCUT2D eigenvalue weighted by Gasteiger charge is 2.31. The molecule has 0 aromatic heterocycles. The Morgan fingerprint density at radius 3 is 2.79 bits per heavy atom. The fraction of sp³-hybridized carbons (Fsp3) is 0.923. The van der Waals surface area contributed by atoms with Crippen LogP contribution < -0.4 is 5.73 Å². The lowest BCUT2D eigenvalue weighted by atomic mass is 10.1. The molecule has 6 heteroatoms. The predicted molar refractivity (Wildman–Crippen MR) is 74.5 cm³/mol. The zero-order valence-corrected chi connectivity index (χ0v) is 11.8. The van der Waals surface area contributed by atoms with Crippen molar-refractivity contribution in [3.05, 3.63) is 0 Å². The van der Waals surface area contributed by atoms with Gasteiger partial charge in [0, 0.05) is 44.7 Å². The summed E-state index contributed by atoms with van der Waals surface area (Å²) in [5, 5.41) is 11.8. The summed E-state index contributed by atoms with van der Waals surface area (Å²) in [5.74, 6) is 0.335. The average Bonchev–Trinajstić information content (AvgIpc) is 2.95. The standard InChI is InChI=1S/C13H26N4O2/c1-2-11(9-13(14)15-18)17-4-3-12(10-17)16-5-7-19-8-6-16/h11-12,18H,2-10H2,1H3,(H2,14,15). The van der Waals surface area contributed by atoms with Gasteiger partial charge in [0.2, 0.25) is 0 Å². The van der Waals surface area contributed by atoms with Crippen molar-refractivity contribution in [2.24, 2.45) is 10.9 Å². The fourth-order valence-corrected chi connectivity index (χ4v) is 3.15. The van der Waals surface area contributed by atoms with Crippen LogP contribution >= 0.6 is 0 Å². The van der Waals surface area contributed by atoms with Crippen molar-refractivity contribution in [3.8, 4) is 0 Å². The number of oxime groups is 1. The highest BCUT2D eigenvalue weighted by atomic mass is 16.5. The molecule has 2 rings (SSSR count). The molecule has 0 saturated carbocycles. The lowest BCUT2D eigenvalue weighted by molar-refractivity contribution is 0.0176. The Hall–Kier alpha value is -0.850. The minimum absolute atomic E-state index is 0.335. The number of amidine groups is 1. The number of rotatable bonds is 5. The molecule has 2 fully saturated rings. The van der Waals surface area contributed by atoms with E-state index >= 15 is 0 Å². The van der Waals surface area contributed by atoms with Crippen molar-refractivity contribution in [3.63, 3.8) is 0 Å². The van der Waals surface area contributed by atoms with Gasteiger partial charge in [0.25, 0.3) is 0 Å². The van der Waals surface area contributed by atoms with Crippen LogP contribution in [0.2, 0.25) is 0 Å². The van der Waals surface area contributed by atoms with Crippen LogP contribution in [0.5, 0.6) is 0 Å². The first kappa shape index (κ1) is 14.6. The monoisotopic (exact) mass is 270 g/mol. The second-order valence-corrected chi connectivity index (χ2v) is 5.44. The van der Waals surface area contributed by atoms with E-state index in [1.165, 1.54) is 6.42 Å². The third-order valence-corrected chi connectivity index (χ3v) is 4.32. The molecule has 2 unspecified atom stereocenters. The molecule has 19 heavy (non-hydrogen) atoms. The first-order valence-corrected chi connectivity index (χ1v) is 7.26. The molecule has 0 radical (unpaired) electrons. The topological polar surface area (TPSA) is 74.3 Å². The van der Waals surface area contributed by atoms with Crippen molar-refractivity contribution in [1.29, 1.82) is 0 Å². The average molecular weight is 270 g/mol. The number of nitrogens with two attached hydrogens (primary N) is 1.